The first kappa shape index (κ1) is 23.4. The molecule has 0 amide bonds. The molecular formula is C23H39N3O3S. The minimum Gasteiger partial charge on any atom is -0.385 e. The average molecular weight is 438 g/mol. The normalized spacial score (nSPS) is 25.7. The third-order valence-corrected chi connectivity index (χ3v) is 8.37. The van der Waals surface area contributed by atoms with Crippen LogP contribution in [0, 0.1) is 11.8 Å². The summed E-state index contributed by atoms with van der Waals surface area (Å²) in [6.45, 7) is 11.5. The maximum absolute atomic E-state index is 12.0. The van der Waals surface area contributed by atoms with E-state index in [0.29, 0.717) is 17.9 Å². The van der Waals surface area contributed by atoms with Crippen LogP contribution in [0.5, 0.6) is 0 Å². The van der Waals surface area contributed by atoms with Crippen LogP contribution in [0.4, 0.5) is 11.4 Å². The molecule has 2 aliphatic rings. The zero-order chi connectivity index (χ0) is 21.7. The maximum Gasteiger partial charge on any atom is 0.214 e. The molecule has 7 heteroatoms. The molecule has 0 unspecified atom stereocenters. The van der Waals surface area contributed by atoms with Gasteiger partial charge in [0.1, 0.15) is 0 Å². The van der Waals surface area contributed by atoms with Gasteiger partial charge in [-0.1, -0.05) is 13.8 Å². The first-order valence-electron chi connectivity index (χ1n) is 11.5. The van der Waals surface area contributed by atoms with E-state index >= 15 is 0 Å². The Bertz CT molecular complexity index is 756. The molecular weight excluding hydrogens is 398 g/mol. The van der Waals surface area contributed by atoms with Crippen LogP contribution in [0.2, 0.25) is 0 Å². The molecule has 2 N–H and O–H groups in total. The number of sulfonamides is 1. The van der Waals surface area contributed by atoms with Crippen molar-refractivity contribution in [2.24, 2.45) is 11.8 Å². The minimum atomic E-state index is -3.17. The lowest BCUT2D eigenvalue weighted by Gasteiger charge is -2.36. The molecule has 0 radical (unpaired) electrons. The predicted octanol–water partition coefficient (Wildman–Crippen LogP) is 3.85. The highest BCUT2D eigenvalue weighted by atomic mass is 32.2. The number of hydrogen-bond donors (Lipinski definition) is 2. The summed E-state index contributed by atoms with van der Waals surface area (Å²) < 4.78 is 32.8. The van der Waals surface area contributed by atoms with Crippen LogP contribution in [0.15, 0.2) is 24.3 Å². The largest absolute Gasteiger partial charge is 0.385 e. The van der Waals surface area contributed by atoms with Gasteiger partial charge in [0, 0.05) is 37.1 Å². The second-order valence-corrected chi connectivity index (χ2v) is 11.7. The number of morpholine rings is 1. The van der Waals surface area contributed by atoms with Crippen molar-refractivity contribution in [3.63, 3.8) is 0 Å². The van der Waals surface area contributed by atoms with Crippen molar-refractivity contribution in [1.82, 2.24) is 4.72 Å². The highest BCUT2D eigenvalue weighted by molar-refractivity contribution is 7.90. The first-order chi connectivity index (χ1) is 14.2. The molecule has 1 saturated carbocycles. The molecule has 6 nitrogen and oxygen atoms in total. The second kappa shape index (κ2) is 10.3. The molecule has 0 aromatic heterocycles. The molecule has 3 rings (SSSR count). The van der Waals surface area contributed by atoms with Crippen LogP contribution in [0.25, 0.3) is 0 Å². The SMILES string of the molecule is CC(C)[C@@H]1CN(c2ccc(NCC3CCC(NS(=O)(=O)C(C)C)CC3)cc2)CCO1. The standard InChI is InChI=1S/C23H39N3O3S/c1-17(2)23-16-26(13-14-29-23)22-11-9-20(10-12-22)24-15-19-5-7-21(8-6-19)25-30(27,28)18(3)4/h9-12,17-19,21,23-25H,5-8,13-16H2,1-4H3/t19?,21?,23-/m0/s1. The van der Waals surface area contributed by atoms with Crippen molar-refractivity contribution in [2.75, 3.05) is 36.5 Å². The van der Waals surface area contributed by atoms with Gasteiger partial charge in [-0.2, -0.15) is 0 Å². The molecule has 1 aliphatic carbocycles. The van der Waals surface area contributed by atoms with Gasteiger partial charge in [-0.15, -0.1) is 0 Å². The van der Waals surface area contributed by atoms with E-state index < -0.39 is 10.0 Å². The smallest absolute Gasteiger partial charge is 0.214 e. The van der Waals surface area contributed by atoms with E-state index in [0.717, 1.165) is 57.6 Å². The molecule has 170 valence electrons. The first-order valence-corrected chi connectivity index (χ1v) is 13.0. The summed E-state index contributed by atoms with van der Waals surface area (Å²) in [4.78, 5) is 2.41. The van der Waals surface area contributed by atoms with E-state index in [1.165, 1.54) is 5.69 Å². The Balaban J connectivity index is 1.43. The molecule has 2 fully saturated rings. The molecule has 1 aliphatic heterocycles. The number of nitrogens with one attached hydrogen (secondary N) is 2. The van der Waals surface area contributed by atoms with E-state index in [4.69, 9.17) is 4.74 Å². The fraction of sp³-hybridized carbons (Fsp3) is 0.739. The van der Waals surface area contributed by atoms with Crippen LogP contribution in [-0.2, 0) is 14.8 Å². The molecule has 1 aromatic carbocycles. The van der Waals surface area contributed by atoms with Crippen LogP contribution in [0.1, 0.15) is 53.4 Å². The van der Waals surface area contributed by atoms with E-state index in [1.54, 1.807) is 13.8 Å². The topological polar surface area (TPSA) is 70.7 Å². The zero-order valence-corrected chi connectivity index (χ0v) is 19.7. The highest BCUT2D eigenvalue weighted by Gasteiger charge is 2.26. The molecule has 30 heavy (non-hydrogen) atoms. The third-order valence-electron chi connectivity index (χ3n) is 6.46. The fourth-order valence-corrected chi connectivity index (χ4v) is 5.19. The van der Waals surface area contributed by atoms with Gasteiger partial charge in [0.15, 0.2) is 0 Å². The number of hydrogen-bond acceptors (Lipinski definition) is 5. The Morgan fingerprint density at radius 1 is 1.07 bits per heavy atom. The summed E-state index contributed by atoms with van der Waals surface area (Å²) >= 11 is 0. The Morgan fingerprint density at radius 2 is 1.73 bits per heavy atom. The molecule has 1 atom stereocenters. The summed E-state index contributed by atoms with van der Waals surface area (Å²) in [5.41, 5.74) is 2.41. The van der Waals surface area contributed by atoms with E-state index in [2.05, 4.69) is 53.1 Å². The lowest BCUT2D eigenvalue weighted by Crippen LogP contribution is -2.44. The van der Waals surface area contributed by atoms with Crippen LogP contribution in [-0.4, -0.2) is 52.1 Å². The van der Waals surface area contributed by atoms with E-state index in [9.17, 15) is 8.42 Å². The number of benzene rings is 1. The quantitative estimate of drug-likeness (QED) is 0.646. The molecule has 1 saturated heterocycles. The Labute approximate surface area is 182 Å². The zero-order valence-electron chi connectivity index (χ0n) is 18.9. The number of nitrogens with zero attached hydrogens (tertiary/aromatic N) is 1. The van der Waals surface area contributed by atoms with Crippen molar-refractivity contribution in [1.29, 1.82) is 0 Å². The lowest BCUT2D eigenvalue weighted by molar-refractivity contribution is 0.0114. The second-order valence-electron chi connectivity index (χ2n) is 9.46. The Hall–Kier alpha value is -1.31. The number of rotatable bonds is 8. The molecule has 1 aromatic rings. The summed E-state index contributed by atoms with van der Waals surface area (Å²) in [6.07, 6.45) is 4.26. The van der Waals surface area contributed by atoms with Crippen molar-refractivity contribution in [2.45, 2.75) is 70.8 Å². The summed E-state index contributed by atoms with van der Waals surface area (Å²) in [5.74, 6) is 1.13. The number of anilines is 2. The Kier molecular flexibility index (Phi) is 8.04. The van der Waals surface area contributed by atoms with Crippen molar-refractivity contribution in [3.8, 4) is 0 Å². The van der Waals surface area contributed by atoms with Gasteiger partial charge in [-0.05, 0) is 75.6 Å². The van der Waals surface area contributed by atoms with Gasteiger partial charge in [-0.25, -0.2) is 13.1 Å². The maximum atomic E-state index is 12.0. The van der Waals surface area contributed by atoms with Crippen molar-refractivity contribution < 1.29 is 13.2 Å². The summed E-state index contributed by atoms with van der Waals surface area (Å²) in [6, 6.07) is 8.82. The fourth-order valence-electron chi connectivity index (χ4n) is 4.22. The Morgan fingerprint density at radius 3 is 2.33 bits per heavy atom. The number of ether oxygens (including phenoxy) is 1. The van der Waals surface area contributed by atoms with Crippen molar-refractivity contribution >= 4 is 21.4 Å². The van der Waals surface area contributed by atoms with Crippen LogP contribution < -0.4 is 14.9 Å². The third kappa shape index (κ3) is 6.34. The van der Waals surface area contributed by atoms with Gasteiger partial charge < -0.3 is 15.0 Å². The van der Waals surface area contributed by atoms with Gasteiger partial charge in [-0.3, -0.25) is 0 Å². The molecule has 1 heterocycles. The van der Waals surface area contributed by atoms with E-state index in [-0.39, 0.29) is 11.3 Å². The van der Waals surface area contributed by atoms with Gasteiger partial charge in [0.2, 0.25) is 10.0 Å². The van der Waals surface area contributed by atoms with Gasteiger partial charge in [0.25, 0.3) is 0 Å². The van der Waals surface area contributed by atoms with E-state index in [1.807, 2.05) is 0 Å². The van der Waals surface area contributed by atoms with Gasteiger partial charge >= 0.3 is 0 Å². The minimum absolute atomic E-state index is 0.0936. The monoisotopic (exact) mass is 437 g/mol. The van der Waals surface area contributed by atoms with Crippen LogP contribution >= 0.6 is 0 Å². The molecule has 0 bridgehead atoms. The summed E-state index contributed by atoms with van der Waals surface area (Å²) in [5, 5.41) is 3.20. The predicted molar refractivity (Wildman–Crippen MR) is 125 cm³/mol. The van der Waals surface area contributed by atoms with Crippen molar-refractivity contribution in [3.05, 3.63) is 24.3 Å². The lowest BCUT2D eigenvalue weighted by atomic mass is 9.86. The average Bonchev–Trinajstić information content (AvgIpc) is 2.73. The molecule has 0 spiro atoms. The summed E-state index contributed by atoms with van der Waals surface area (Å²) in [7, 11) is -3.17. The van der Waals surface area contributed by atoms with Crippen LogP contribution in [0.3, 0.4) is 0 Å². The van der Waals surface area contributed by atoms with Gasteiger partial charge in [0.05, 0.1) is 18.0 Å². The highest BCUT2D eigenvalue weighted by Crippen LogP contribution is 2.27.